The van der Waals surface area contributed by atoms with Crippen molar-refractivity contribution in [1.82, 2.24) is 20.1 Å². The van der Waals surface area contributed by atoms with Gasteiger partial charge in [0.25, 0.3) is 0 Å². The van der Waals surface area contributed by atoms with Crippen LogP contribution in [0.2, 0.25) is 0 Å². The summed E-state index contributed by atoms with van der Waals surface area (Å²) in [4.78, 5) is 16.4. The van der Waals surface area contributed by atoms with Gasteiger partial charge >= 0.3 is 0 Å². The molecule has 1 N–H and O–H groups in total. The molecule has 0 unspecified atom stereocenters. The largest absolute Gasteiger partial charge is 0.351 e. The lowest BCUT2D eigenvalue weighted by Gasteiger charge is -2.13. The van der Waals surface area contributed by atoms with Gasteiger partial charge in [-0.2, -0.15) is 5.10 Å². The smallest absolute Gasteiger partial charge is 0.229 e. The summed E-state index contributed by atoms with van der Waals surface area (Å²) in [5.41, 5.74) is 0.233. The fourth-order valence-corrected chi connectivity index (χ4v) is 2.83. The van der Waals surface area contributed by atoms with Gasteiger partial charge in [-0.1, -0.05) is 0 Å². The highest BCUT2D eigenvalue weighted by atomic mass is 35.5. The molecule has 2 aromatic heterocycles. The van der Waals surface area contributed by atoms with Crippen molar-refractivity contribution in [3.63, 3.8) is 0 Å². The zero-order chi connectivity index (χ0) is 15.1. The van der Waals surface area contributed by atoms with Crippen LogP contribution in [0.4, 0.5) is 0 Å². The molecular formula is C14H14Cl2N4O. The molecule has 2 aromatic rings. The third kappa shape index (κ3) is 2.63. The Bertz CT molecular complexity index is 671. The Balaban J connectivity index is 1.67. The van der Waals surface area contributed by atoms with Gasteiger partial charge in [-0.05, 0) is 37.1 Å². The molecule has 21 heavy (non-hydrogen) atoms. The van der Waals surface area contributed by atoms with Gasteiger partial charge in [-0.3, -0.25) is 4.79 Å². The number of pyridine rings is 1. The number of rotatable bonds is 4. The molecule has 0 aliphatic heterocycles. The lowest BCUT2D eigenvalue weighted by Crippen LogP contribution is -2.32. The molecule has 2 heterocycles. The second-order valence-corrected chi connectivity index (χ2v) is 6.85. The van der Waals surface area contributed by atoms with Gasteiger partial charge in [0.15, 0.2) is 5.82 Å². The van der Waals surface area contributed by atoms with Crippen LogP contribution >= 0.6 is 23.2 Å². The van der Waals surface area contributed by atoms with Crippen molar-refractivity contribution in [2.45, 2.75) is 24.2 Å². The summed E-state index contributed by atoms with van der Waals surface area (Å²) in [6.07, 6.45) is 5.66. The van der Waals surface area contributed by atoms with Crippen LogP contribution in [-0.4, -0.2) is 25.0 Å². The van der Waals surface area contributed by atoms with E-state index in [-0.39, 0.29) is 5.91 Å². The van der Waals surface area contributed by atoms with Crippen LogP contribution in [-0.2, 0) is 11.3 Å². The Morgan fingerprint density at radius 2 is 2.24 bits per heavy atom. The molecule has 0 radical (unpaired) electrons. The fraction of sp³-hybridized carbons (Fsp3) is 0.357. The van der Waals surface area contributed by atoms with Crippen LogP contribution < -0.4 is 5.32 Å². The van der Waals surface area contributed by atoms with E-state index in [4.69, 9.17) is 23.2 Å². The molecule has 1 fully saturated rings. The van der Waals surface area contributed by atoms with Crippen molar-refractivity contribution in [1.29, 1.82) is 0 Å². The van der Waals surface area contributed by atoms with E-state index in [1.807, 2.05) is 24.4 Å². The summed E-state index contributed by atoms with van der Waals surface area (Å²) in [6.45, 7) is 2.17. The fourth-order valence-electron chi connectivity index (χ4n) is 2.12. The van der Waals surface area contributed by atoms with Crippen molar-refractivity contribution in [3.8, 4) is 5.82 Å². The van der Waals surface area contributed by atoms with Crippen LogP contribution in [0.15, 0.2) is 36.8 Å². The lowest BCUT2D eigenvalue weighted by molar-refractivity contribution is -0.125. The zero-order valence-corrected chi connectivity index (χ0v) is 12.9. The summed E-state index contributed by atoms with van der Waals surface area (Å²) >= 11 is 12.0. The third-order valence-electron chi connectivity index (χ3n) is 3.76. The minimum Gasteiger partial charge on any atom is -0.351 e. The van der Waals surface area contributed by atoms with Crippen LogP contribution in [0, 0.1) is 5.41 Å². The number of nitrogens with zero attached hydrogens (tertiary/aromatic N) is 3. The number of hydrogen-bond acceptors (Lipinski definition) is 3. The van der Waals surface area contributed by atoms with E-state index in [1.54, 1.807) is 24.0 Å². The highest BCUT2D eigenvalue weighted by Crippen LogP contribution is 2.63. The Morgan fingerprint density at radius 3 is 2.86 bits per heavy atom. The Kier molecular flexibility index (Phi) is 3.42. The average Bonchev–Trinajstić information content (AvgIpc) is 2.88. The summed E-state index contributed by atoms with van der Waals surface area (Å²) in [6, 6.07) is 5.54. The second-order valence-electron chi connectivity index (χ2n) is 5.37. The maximum Gasteiger partial charge on any atom is 0.229 e. The first-order chi connectivity index (χ1) is 9.92. The van der Waals surface area contributed by atoms with E-state index < -0.39 is 9.75 Å². The Hall–Kier alpha value is -1.59. The number of hydrogen-bond donors (Lipinski definition) is 1. The molecule has 1 amide bonds. The van der Waals surface area contributed by atoms with Crippen molar-refractivity contribution < 1.29 is 4.79 Å². The van der Waals surface area contributed by atoms with E-state index >= 15 is 0 Å². The maximum absolute atomic E-state index is 12.1. The van der Waals surface area contributed by atoms with Crippen LogP contribution in [0.5, 0.6) is 0 Å². The summed E-state index contributed by atoms with van der Waals surface area (Å²) in [5.74, 6) is 0.568. The molecule has 7 heteroatoms. The Labute approximate surface area is 132 Å². The molecule has 1 aliphatic carbocycles. The van der Waals surface area contributed by atoms with Crippen molar-refractivity contribution in [2.75, 3.05) is 0 Å². The van der Waals surface area contributed by atoms with Crippen LogP contribution in [0.3, 0.4) is 0 Å². The molecule has 0 saturated heterocycles. The Morgan fingerprint density at radius 1 is 1.48 bits per heavy atom. The molecule has 110 valence electrons. The van der Waals surface area contributed by atoms with Gasteiger partial charge in [-0.25, -0.2) is 9.67 Å². The average molecular weight is 325 g/mol. The molecule has 5 nitrogen and oxygen atoms in total. The maximum atomic E-state index is 12.1. The van der Waals surface area contributed by atoms with E-state index in [9.17, 15) is 4.79 Å². The monoisotopic (exact) mass is 324 g/mol. The topological polar surface area (TPSA) is 59.8 Å². The molecule has 0 aromatic carbocycles. The highest BCUT2D eigenvalue weighted by Gasteiger charge is 2.67. The normalized spacial score (nSPS) is 22.8. The van der Waals surface area contributed by atoms with Crippen molar-refractivity contribution >= 4 is 29.1 Å². The van der Waals surface area contributed by atoms with Crippen LogP contribution in [0.1, 0.15) is 18.9 Å². The minimum atomic E-state index is -0.949. The number of amides is 1. The van der Waals surface area contributed by atoms with Gasteiger partial charge in [-0.15, -0.1) is 23.2 Å². The van der Waals surface area contributed by atoms with E-state index in [2.05, 4.69) is 15.4 Å². The minimum absolute atomic E-state index is 0.134. The van der Waals surface area contributed by atoms with Gasteiger partial charge < -0.3 is 5.32 Å². The second kappa shape index (κ2) is 5.00. The molecule has 3 rings (SSSR count). The lowest BCUT2D eigenvalue weighted by atomic mass is 10.1. The number of aromatic nitrogens is 3. The quantitative estimate of drug-likeness (QED) is 0.879. The molecule has 0 bridgehead atoms. The number of halogens is 2. The molecule has 1 atom stereocenters. The number of carbonyl (C=O) groups excluding carboxylic acids is 1. The summed E-state index contributed by atoms with van der Waals surface area (Å²) < 4.78 is 0.714. The SMILES string of the molecule is C[C@@]1(C(=O)NCc2ccnc(-n3cccn3)c2)CC1(Cl)Cl. The first kappa shape index (κ1) is 14.4. The predicted molar refractivity (Wildman–Crippen MR) is 80.4 cm³/mol. The first-order valence-electron chi connectivity index (χ1n) is 6.53. The number of carbonyl (C=O) groups is 1. The molecular weight excluding hydrogens is 311 g/mol. The first-order valence-corrected chi connectivity index (χ1v) is 7.29. The summed E-state index contributed by atoms with van der Waals surface area (Å²) in [7, 11) is 0. The van der Waals surface area contributed by atoms with Gasteiger partial charge in [0.05, 0.1) is 5.41 Å². The molecule has 1 aliphatic rings. The van der Waals surface area contributed by atoms with Gasteiger partial charge in [0, 0.05) is 25.1 Å². The molecule has 1 saturated carbocycles. The van der Waals surface area contributed by atoms with E-state index in [0.29, 0.717) is 18.8 Å². The van der Waals surface area contributed by atoms with Crippen molar-refractivity contribution in [2.24, 2.45) is 5.41 Å². The van der Waals surface area contributed by atoms with E-state index in [0.717, 1.165) is 5.56 Å². The standard InChI is InChI=1S/C14H14Cl2N4O/c1-13(9-14(13,15)16)12(21)18-8-10-3-5-17-11(7-10)20-6-2-4-19-20/h2-7H,8-9H2,1H3,(H,18,21)/t13-/m0/s1. The number of alkyl halides is 2. The van der Waals surface area contributed by atoms with E-state index in [1.165, 1.54) is 0 Å². The van der Waals surface area contributed by atoms with Crippen molar-refractivity contribution in [3.05, 3.63) is 42.4 Å². The predicted octanol–water partition coefficient (Wildman–Crippen LogP) is 2.47. The summed E-state index contributed by atoms with van der Waals surface area (Å²) in [5, 5.41) is 6.99. The van der Waals surface area contributed by atoms with Gasteiger partial charge in [0.2, 0.25) is 5.91 Å². The highest BCUT2D eigenvalue weighted by molar-refractivity contribution is 6.53. The third-order valence-corrected chi connectivity index (χ3v) is 4.86. The van der Waals surface area contributed by atoms with Crippen LogP contribution in [0.25, 0.3) is 5.82 Å². The zero-order valence-electron chi connectivity index (χ0n) is 11.4. The molecule has 0 spiro atoms. The number of nitrogens with one attached hydrogen (secondary N) is 1. The van der Waals surface area contributed by atoms with Gasteiger partial charge in [0.1, 0.15) is 4.33 Å².